The van der Waals surface area contributed by atoms with Crippen molar-refractivity contribution in [2.75, 3.05) is 5.73 Å². The van der Waals surface area contributed by atoms with E-state index in [1.54, 1.807) is 12.1 Å². The van der Waals surface area contributed by atoms with Gasteiger partial charge in [-0.15, -0.1) is 0 Å². The lowest BCUT2D eigenvalue weighted by atomic mass is 10.2. The Kier molecular flexibility index (Phi) is 1.28. The van der Waals surface area contributed by atoms with Crippen molar-refractivity contribution in [2.24, 2.45) is 0 Å². The van der Waals surface area contributed by atoms with Gasteiger partial charge < -0.3 is 10.7 Å². The third-order valence-electron chi connectivity index (χ3n) is 1.81. The molecule has 0 atom stereocenters. The van der Waals surface area contributed by atoms with E-state index in [0.29, 0.717) is 11.4 Å². The number of aromatic amines is 1. The molecular formula is C9H7N3. The lowest BCUT2D eigenvalue weighted by molar-refractivity contribution is 1.48. The summed E-state index contributed by atoms with van der Waals surface area (Å²) in [5.41, 5.74) is 7.86. The van der Waals surface area contributed by atoms with Crippen LogP contribution in [-0.4, -0.2) is 4.98 Å². The normalized spacial score (nSPS) is 9.92. The third-order valence-corrected chi connectivity index (χ3v) is 1.81. The van der Waals surface area contributed by atoms with Gasteiger partial charge in [-0.25, -0.2) is 4.85 Å². The van der Waals surface area contributed by atoms with Gasteiger partial charge >= 0.3 is 0 Å². The number of nitrogens with one attached hydrogen (secondary N) is 1. The molecule has 0 bridgehead atoms. The van der Waals surface area contributed by atoms with Crippen LogP contribution in [0.25, 0.3) is 15.7 Å². The lowest BCUT2D eigenvalue weighted by Gasteiger charge is -1.96. The van der Waals surface area contributed by atoms with E-state index in [1.165, 1.54) is 0 Å². The Morgan fingerprint density at radius 3 is 3.00 bits per heavy atom. The first-order valence-electron chi connectivity index (χ1n) is 3.55. The molecule has 3 heteroatoms. The fourth-order valence-electron chi connectivity index (χ4n) is 1.24. The summed E-state index contributed by atoms with van der Waals surface area (Å²) < 4.78 is 0. The molecule has 2 aromatic rings. The van der Waals surface area contributed by atoms with Crippen LogP contribution in [0, 0.1) is 6.57 Å². The van der Waals surface area contributed by atoms with Gasteiger partial charge in [-0.05, 0) is 18.2 Å². The van der Waals surface area contributed by atoms with Gasteiger partial charge in [-0.3, -0.25) is 0 Å². The van der Waals surface area contributed by atoms with Crippen LogP contribution in [0.1, 0.15) is 0 Å². The van der Waals surface area contributed by atoms with Crippen LogP contribution in [0.2, 0.25) is 0 Å². The fourth-order valence-corrected chi connectivity index (χ4v) is 1.24. The van der Waals surface area contributed by atoms with Crippen LogP contribution in [0.4, 0.5) is 11.4 Å². The number of H-pyrrole nitrogens is 1. The van der Waals surface area contributed by atoms with E-state index in [9.17, 15) is 0 Å². The summed E-state index contributed by atoms with van der Waals surface area (Å²) in [6.07, 6.45) is 1.81. The summed E-state index contributed by atoms with van der Waals surface area (Å²) in [7, 11) is 0. The van der Waals surface area contributed by atoms with Gasteiger partial charge in [0.05, 0.1) is 6.57 Å². The van der Waals surface area contributed by atoms with Crippen molar-refractivity contribution in [2.45, 2.75) is 0 Å². The number of benzene rings is 1. The predicted molar refractivity (Wildman–Crippen MR) is 49.0 cm³/mol. The van der Waals surface area contributed by atoms with Gasteiger partial charge in [-0.1, -0.05) is 0 Å². The highest BCUT2D eigenvalue weighted by Gasteiger charge is 2.00. The highest BCUT2D eigenvalue weighted by Crippen LogP contribution is 2.26. The number of aromatic nitrogens is 1. The van der Waals surface area contributed by atoms with E-state index in [4.69, 9.17) is 12.3 Å². The summed E-state index contributed by atoms with van der Waals surface area (Å²) in [5, 5.41) is 0.974. The van der Waals surface area contributed by atoms with Crippen molar-refractivity contribution >= 4 is 22.3 Å². The molecule has 58 valence electrons. The van der Waals surface area contributed by atoms with Crippen molar-refractivity contribution in [1.29, 1.82) is 0 Å². The van der Waals surface area contributed by atoms with Crippen molar-refractivity contribution < 1.29 is 0 Å². The number of rotatable bonds is 0. The van der Waals surface area contributed by atoms with Crippen molar-refractivity contribution in [3.05, 3.63) is 35.8 Å². The smallest absolute Gasteiger partial charge is 0.191 e. The van der Waals surface area contributed by atoms with E-state index in [-0.39, 0.29) is 0 Å². The zero-order chi connectivity index (χ0) is 8.55. The van der Waals surface area contributed by atoms with Crippen LogP contribution >= 0.6 is 0 Å². The molecule has 0 fully saturated rings. The molecular weight excluding hydrogens is 150 g/mol. The second-order valence-corrected chi connectivity index (χ2v) is 2.59. The molecule has 0 aliphatic carbocycles. The van der Waals surface area contributed by atoms with E-state index in [0.717, 1.165) is 10.9 Å². The number of nitrogens with two attached hydrogens (primary N) is 1. The number of nitrogens with zero attached hydrogens (tertiary/aromatic N) is 1. The minimum atomic E-state index is 0.572. The molecule has 3 N–H and O–H groups in total. The van der Waals surface area contributed by atoms with E-state index in [2.05, 4.69) is 9.83 Å². The monoisotopic (exact) mass is 157 g/mol. The van der Waals surface area contributed by atoms with E-state index in [1.807, 2.05) is 12.3 Å². The molecule has 1 heterocycles. The molecule has 0 spiro atoms. The second kappa shape index (κ2) is 2.28. The van der Waals surface area contributed by atoms with Gasteiger partial charge in [0.15, 0.2) is 5.69 Å². The third kappa shape index (κ3) is 0.823. The average Bonchev–Trinajstić information content (AvgIpc) is 2.52. The van der Waals surface area contributed by atoms with Crippen LogP contribution in [0.15, 0.2) is 24.4 Å². The number of hydrogen-bond acceptors (Lipinski definition) is 1. The molecule has 0 amide bonds. The zero-order valence-electron chi connectivity index (χ0n) is 6.33. The summed E-state index contributed by atoms with van der Waals surface area (Å²) in [6, 6.07) is 5.38. The van der Waals surface area contributed by atoms with Crippen molar-refractivity contribution in [1.82, 2.24) is 4.98 Å². The first-order chi connectivity index (χ1) is 5.81. The summed E-state index contributed by atoms with van der Waals surface area (Å²) in [6.45, 7) is 6.82. The minimum absolute atomic E-state index is 0.572. The molecule has 12 heavy (non-hydrogen) atoms. The molecule has 0 radical (unpaired) electrons. The van der Waals surface area contributed by atoms with Gasteiger partial charge in [0.1, 0.15) is 0 Å². The first kappa shape index (κ1) is 6.74. The molecule has 0 aliphatic heterocycles. The Morgan fingerprint density at radius 1 is 1.42 bits per heavy atom. The Hall–Kier alpha value is -1.95. The first-order valence-corrected chi connectivity index (χ1v) is 3.55. The zero-order valence-corrected chi connectivity index (χ0v) is 6.33. The Morgan fingerprint density at radius 2 is 2.25 bits per heavy atom. The molecule has 0 saturated carbocycles. The average molecular weight is 157 g/mol. The minimum Gasteiger partial charge on any atom is -0.399 e. The van der Waals surface area contributed by atoms with Crippen molar-refractivity contribution in [3.8, 4) is 0 Å². The lowest BCUT2D eigenvalue weighted by Crippen LogP contribution is -1.83. The quantitative estimate of drug-likeness (QED) is 0.447. The van der Waals surface area contributed by atoms with E-state index >= 15 is 0 Å². The SMILES string of the molecule is [C-]#[N+]c1cc(N)c2cc[nH]c2c1. The molecule has 2 rings (SSSR count). The van der Waals surface area contributed by atoms with E-state index < -0.39 is 0 Å². The van der Waals surface area contributed by atoms with Gasteiger partial charge in [0, 0.05) is 22.8 Å². The highest BCUT2D eigenvalue weighted by atomic mass is 14.7. The summed E-state index contributed by atoms with van der Waals surface area (Å²) >= 11 is 0. The van der Waals surface area contributed by atoms with Crippen LogP contribution in [0.5, 0.6) is 0 Å². The molecule has 0 unspecified atom stereocenters. The molecule has 0 aliphatic rings. The molecule has 0 saturated heterocycles. The standard InChI is InChI=1S/C9H7N3/c1-11-6-4-8(10)7-2-3-12-9(7)5-6/h2-5,12H,10H2. The maximum atomic E-state index is 6.82. The number of hydrogen-bond donors (Lipinski definition) is 2. The number of anilines is 1. The van der Waals surface area contributed by atoms with Gasteiger partial charge in [0.2, 0.25) is 0 Å². The molecule has 1 aromatic heterocycles. The van der Waals surface area contributed by atoms with Gasteiger partial charge in [0.25, 0.3) is 0 Å². The molecule has 3 nitrogen and oxygen atoms in total. The summed E-state index contributed by atoms with van der Waals surface area (Å²) in [4.78, 5) is 6.32. The van der Waals surface area contributed by atoms with Crippen molar-refractivity contribution in [3.63, 3.8) is 0 Å². The molecule has 1 aromatic carbocycles. The maximum absolute atomic E-state index is 6.82. The van der Waals surface area contributed by atoms with Crippen LogP contribution < -0.4 is 5.73 Å². The Bertz CT molecular complexity index is 462. The van der Waals surface area contributed by atoms with Crippen LogP contribution in [0.3, 0.4) is 0 Å². The largest absolute Gasteiger partial charge is 0.399 e. The summed E-state index contributed by atoms with van der Waals surface area (Å²) in [5.74, 6) is 0. The maximum Gasteiger partial charge on any atom is 0.191 e. The predicted octanol–water partition coefficient (Wildman–Crippen LogP) is 2.30. The van der Waals surface area contributed by atoms with Crippen LogP contribution in [-0.2, 0) is 0 Å². The topological polar surface area (TPSA) is 46.2 Å². The Labute approximate surface area is 69.6 Å². The number of nitrogen functional groups attached to an aromatic ring is 1. The number of fused-ring (bicyclic) bond motifs is 1. The Balaban J connectivity index is 2.86. The van der Waals surface area contributed by atoms with Gasteiger partial charge in [-0.2, -0.15) is 0 Å². The highest BCUT2D eigenvalue weighted by molar-refractivity contribution is 5.93. The fraction of sp³-hybridized carbons (Fsp3) is 0. The second-order valence-electron chi connectivity index (χ2n) is 2.59.